The summed E-state index contributed by atoms with van der Waals surface area (Å²) in [4.78, 5) is 70.0. The summed E-state index contributed by atoms with van der Waals surface area (Å²) < 4.78 is 0. The van der Waals surface area contributed by atoms with Crippen LogP contribution in [0.1, 0.15) is 44.2 Å². The van der Waals surface area contributed by atoms with Crippen molar-refractivity contribution in [2.75, 3.05) is 0 Å². The number of carbonyl (C=O) groups is 5. The third kappa shape index (κ3) is 8.30. The fraction of sp³-hybridized carbons (Fsp3) is 0.364. The molecule has 5 atom stereocenters. The van der Waals surface area contributed by atoms with Gasteiger partial charge in [0, 0.05) is 47.0 Å². The summed E-state index contributed by atoms with van der Waals surface area (Å²) in [5.41, 5.74) is 9.58. The zero-order chi connectivity index (χ0) is 33.4. The number of aliphatic carboxylic acids is 2. The Morgan fingerprint density at radius 1 is 0.761 bits per heavy atom. The molecule has 4 rings (SSSR count). The van der Waals surface area contributed by atoms with Gasteiger partial charge in [0.05, 0.1) is 6.04 Å². The molecule has 0 radical (unpaired) electrons. The van der Waals surface area contributed by atoms with E-state index in [9.17, 15) is 34.2 Å². The van der Waals surface area contributed by atoms with Gasteiger partial charge >= 0.3 is 11.9 Å². The molecule has 13 nitrogen and oxygen atoms in total. The second kappa shape index (κ2) is 15.2. The Bertz CT molecular complexity index is 1710. The normalized spacial score (nSPS) is 14.6. The number of hydrogen-bond acceptors (Lipinski definition) is 6. The topological polar surface area (TPSA) is 219 Å². The highest BCUT2D eigenvalue weighted by atomic mass is 16.4. The first-order chi connectivity index (χ1) is 22.0. The number of nitrogens with one attached hydrogen (secondary N) is 5. The molecule has 2 heterocycles. The second-order valence-electron chi connectivity index (χ2n) is 11.5. The molecular weight excluding hydrogens is 592 g/mol. The summed E-state index contributed by atoms with van der Waals surface area (Å²) in [6.07, 6.45) is 3.42. The third-order valence-corrected chi connectivity index (χ3v) is 8.24. The summed E-state index contributed by atoms with van der Waals surface area (Å²) in [6, 6.07) is 10.2. The Hall–Kier alpha value is -5.17. The van der Waals surface area contributed by atoms with E-state index in [1.807, 2.05) is 48.5 Å². The number of benzene rings is 2. The van der Waals surface area contributed by atoms with Crippen molar-refractivity contribution in [1.82, 2.24) is 25.9 Å². The molecule has 2 aromatic carbocycles. The number of aromatic amines is 2. The van der Waals surface area contributed by atoms with Gasteiger partial charge in [-0.25, -0.2) is 4.79 Å². The van der Waals surface area contributed by atoms with Gasteiger partial charge in [-0.2, -0.15) is 0 Å². The molecule has 0 aliphatic carbocycles. The smallest absolute Gasteiger partial charge is 0.326 e. The number of fused-ring (bicyclic) bond motifs is 2. The van der Waals surface area contributed by atoms with Crippen LogP contribution in [-0.4, -0.2) is 74.0 Å². The van der Waals surface area contributed by atoms with Crippen LogP contribution >= 0.6 is 0 Å². The lowest BCUT2D eigenvalue weighted by Gasteiger charge is -2.26. The van der Waals surface area contributed by atoms with Crippen LogP contribution in [0, 0.1) is 5.92 Å². The number of aromatic nitrogens is 2. The van der Waals surface area contributed by atoms with E-state index in [0.29, 0.717) is 6.42 Å². The summed E-state index contributed by atoms with van der Waals surface area (Å²) in [6.45, 7) is 3.44. The number of para-hydroxylation sites is 2. The monoisotopic (exact) mass is 632 g/mol. The minimum Gasteiger partial charge on any atom is -0.481 e. The molecule has 0 spiro atoms. The number of rotatable bonds is 16. The maximum absolute atomic E-state index is 13.8. The van der Waals surface area contributed by atoms with Crippen molar-refractivity contribution in [2.45, 2.75) is 70.1 Å². The van der Waals surface area contributed by atoms with Gasteiger partial charge in [-0.15, -0.1) is 0 Å². The summed E-state index contributed by atoms with van der Waals surface area (Å²) >= 11 is 0. The first-order valence-corrected chi connectivity index (χ1v) is 15.2. The number of carbonyl (C=O) groups excluding carboxylic acids is 3. The molecule has 13 heteroatoms. The lowest BCUT2D eigenvalue weighted by Crippen LogP contribution is -2.58. The summed E-state index contributed by atoms with van der Waals surface area (Å²) in [5, 5.41) is 28.5. The Morgan fingerprint density at radius 2 is 1.28 bits per heavy atom. The van der Waals surface area contributed by atoms with E-state index in [2.05, 4.69) is 25.9 Å². The summed E-state index contributed by atoms with van der Waals surface area (Å²) in [5.74, 6) is -5.06. The van der Waals surface area contributed by atoms with Gasteiger partial charge in [0.2, 0.25) is 17.7 Å². The van der Waals surface area contributed by atoms with Crippen LogP contribution < -0.4 is 21.7 Å². The minimum absolute atomic E-state index is 0.0271. The largest absolute Gasteiger partial charge is 0.481 e. The standard InChI is InChI=1S/C33H40N6O7/c1-3-18(2)29(33(45)46)39-31(43)26(12-13-28(40)41)37-32(44)27(15-20-17-36-25-11-7-5-9-22(20)25)38-30(42)23(34)14-19-16-35-24-10-6-4-8-21(19)24/h4-11,16-18,23,26-27,29,35-36H,3,12-15,34H2,1-2H3,(H,37,44)(H,38,42)(H,39,43)(H,40,41)(H,45,46). The molecule has 0 saturated heterocycles. The van der Waals surface area contributed by atoms with Crippen molar-refractivity contribution < 1.29 is 34.2 Å². The first kappa shape index (κ1) is 33.7. The molecule has 9 N–H and O–H groups in total. The van der Waals surface area contributed by atoms with E-state index in [0.717, 1.165) is 32.9 Å². The maximum Gasteiger partial charge on any atom is 0.326 e. The SMILES string of the molecule is CCC(C)C(NC(=O)C(CCC(=O)O)NC(=O)C(Cc1c[nH]c2ccccc12)NC(=O)C(N)Cc1c[nH]c2ccccc12)C(=O)O. The molecule has 244 valence electrons. The summed E-state index contributed by atoms with van der Waals surface area (Å²) in [7, 11) is 0. The first-order valence-electron chi connectivity index (χ1n) is 15.2. The van der Waals surface area contributed by atoms with Crippen LogP contribution in [0.15, 0.2) is 60.9 Å². The quantitative estimate of drug-likeness (QED) is 0.0913. The van der Waals surface area contributed by atoms with Crippen molar-refractivity contribution >= 4 is 51.5 Å². The number of hydrogen-bond donors (Lipinski definition) is 8. The van der Waals surface area contributed by atoms with Crippen LogP contribution in [0.5, 0.6) is 0 Å². The highest BCUT2D eigenvalue weighted by Crippen LogP contribution is 2.21. The second-order valence-corrected chi connectivity index (χ2v) is 11.5. The van der Waals surface area contributed by atoms with Gasteiger partial charge in [0.25, 0.3) is 0 Å². The molecule has 4 aromatic rings. The molecule has 2 aromatic heterocycles. The van der Waals surface area contributed by atoms with Gasteiger partial charge in [0.1, 0.15) is 18.1 Å². The third-order valence-electron chi connectivity index (χ3n) is 8.24. The number of H-pyrrole nitrogens is 2. The van der Waals surface area contributed by atoms with Gasteiger partial charge in [-0.3, -0.25) is 19.2 Å². The molecule has 0 aliphatic rings. The highest BCUT2D eigenvalue weighted by Gasteiger charge is 2.32. The van der Waals surface area contributed by atoms with E-state index < -0.39 is 66.2 Å². The average molecular weight is 633 g/mol. The fourth-order valence-electron chi connectivity index (χ4n) is 5.38. The van der Waals surface area contributed by atoms with Crippen molar-refractivity contribution in [1.29, 1.82) is 0 Å². The molecule has 0 bridgehead atoms. The van der Waals surface area contributed by atoms with E-state index in [-0.39, 0.29) is 19.3 Å². The highest BCUT2D eigenvalue weighted by molar-refractivity contribution is 5.95. The average Bonchev–Trinajstić information content (AvgIpc) is 3.64. The van der Waals surface area contributed by atoms with Gasteiger partial charge in [-0.05, 0) is 42.0 Å². The number of carboxylic acids is 2. The zero-order valence-corrected chi connectivity index (χ0v) is 25.7. The van der Waals surface area contributed by atoms with Crippen molar-refractivity contribution in [3.63, 3.8) is 0 Å². The molecular formula is C33H40N6O7. The van der Waals surface area contributed by atoms with E-state index >= 15 is 0 Å². The molecule has 3 amide bonds. The number of nitrogens with two attached hydrogens (primary N) is 1. The van der Waals surface area contributed by atoms with Crippen molar-refractivity contribution in [3.8, 4) is 0 Å². The Kier molecular flexibility index (Phi) is 11.2. The van der Waals surface area contributed by atoms with E-state index in [1.54, 1.807) is 26.2 Å². The Labute approximate surface area is 265 Å². The van der Waals surface area contributed by atoms with Crippen LogP contribution in [0.25, 0.3) is 21.8 Å². The minimum atomic E-state index is -1.38. The van der Waals surface area contributed by atoms with Gasteiger partial charge in [0.15, 0.2) is 0 Å². The molecule has 0 aliphatic heterocycles. The Balaban J connectivity index is 1.57. The van der Waals surface area contributed by atoms with Crippen molar-refractivity contribution in [3.05, 3.63) is 72.1 Å². The molecule has 46 heavy (non-hydrogen) atoms. The Morgan fingerprint density at radius 3 is 1.83 bits per heavy atom. The maximum atomic E-state index is 13.8. The van der Waals surface area contributed by atoms with Crippen LogP contribution in [0.3, 0.4) is 0 Å². The van der Waals surface area contributed by atoms with Crippen molar-refractivity contribution in [2.24, 2.45) is 11.7 Å². The van der Waals surface area contributed by atoms with Crippen LogP contribution in [0.2, 0.25) is 0 Å². The number of amides is 3. The van der Waals surface area contributed by atoms with Crippen LogP contribution in [-0.2, 0) is 36.8 Å². The lowest BCUT2D eigenvalue weighted by atomic mass is 9.98. The zero-order valence-electron chi connectivity index (χ0n) is 25.7. The molecule has 0 saturated carbocycles. The molecule has 5 unspecified atom stereocenters. The van der Waals surface area contributed by atoms with Crippen LogP contribution in [0.4, 0.5) is 0 Å². The number of carboxylic acid groups (broad SMARTS) is 2. The van der Waals surface area contributed by atoms with E-state index in [4.69, 9.17) is 5.73 Å². The fourth-order valence-corrected chi connectivity index (χ4v) is 5.38. The van der Waals surface area contributed by atoms with Gasteiger partial charge in [-0.1, -0.05) is 56.7 Å². The molecule has 0 fully saturated rings. The predicted octanol–water partition coefficient (Wildman–Crippen LogP) is 2.21. The predicted molar refractivity (Wildman–Crippen MR) is 172 cm³/mol. The van der Waals surface area contributed by atoms with E-state index in [1.165, 1.54) is 0 Å². The lowest BCUT2D eigenvalue weighted by molar-refractivity contribution is -0.144. The van der Waals surface area contributed by atoms with Gasteiger partial charge < -0.3 is 41.9 Å².